The summed E-state index contributed by atoms with van der Waals surface area (Å²) in [6.45, 7) is 5.66. The number of hydrogen-bond donors (Lipinski definition) is 0. The van der Waals surface area contributed by atoms with Crippen molar-refractivity contribution in [1.29, 1.82) is 0 Å². The van der Waals surface area contributed by atoms with Crippen LogP contribution in [0.5, 0.6) is 0 Å². The summed E-state index contributed by atoms with van der Waals surface area (Å²) in [5, 5.41) is 4.28. The Labute approximate surface area is 152 Å². The number of nitrogens with zero attached hydrogens (tertiary/aromatic N) is 6. The molecule has 0 fully saturated rings. The second kappa shape index (κ2) is 7.23. The molecule has 0 amide bonds. The molecule has 3 aromatic rings. The summed E-state index contributed by atoms with van der Waals surface area (Å²) in [6.07, 6.45) is 0. The maximum Gasteiger partial charge on any atom is 0.264 e. The van der Waals surface area contributed by atoms with Gasteiger partial charge >= 0.3 is 0 Å². The zero-order chi connectivity index (χ0) is 18.8. The van der Waals surface area contributed by atoms with Gasteiger partial charge in [-0.1, -0.05) is 31.1 Å². The molecule has 3 rings (SSSR count). The largest absolute Gasteiger partial charge is 0.291 e. The number of benzene rings is 1. The molecule has 7 nitrogen and oxygen atoms in total. The third-order valence-electron chi connectivity index (χ3n) is 4.10. The third-order valence-corrected chi connectivity index (χ3v) is 4.93. The Hall–Kier alpha value is -2.77. The first-order chi connectivity index (χ1) is 12.4. The van der Waals surface area contributed by atoms with Crippen LogP contribution in [0, 0.1) is 18.7 Å². The van der Waals surface area contributed by atoms with Crippen molar-refractivity contribution in [3.8, 4) is 0 Å². The van der Waals surface area contributed by atoms with Crippen molar-refractivity contribution < 1.29 is 4.39 Å². The minimum atomic E-state index is -0.618. The molecule has 0 bridgehead atoms. The molecule has 26 heavy (non-hydrogen) atoms. The molecule has 1 atom stereocenters. The standard InChI is InChI=1S/C17H17FN6OS/c1-9(2)14(21-23-19)15-20-16-13(10(3)22-26-16)17(25)24(15)8-11-5-4-6-12(18)7-11/h4-7,9,14H,8H2,1-3H3. The molecule has 9 heteroatoms. The van der Waals surface area contributed by atoms with Gasteiger partial charge in [0.1, 0.15) is 11.6 Å². The quantitative estimate of drug-likeness (QED) is 0.378. The van der Waals surface area contributed by atoms with Gasteiger partial charge in [-0.2, -0.15) is 4.37 Å². The molecule has 0 spiro atoms. The number of aromatic nitrogens is 3. The lowest BCUT2D eigenvalue weighted by molar-refractivity contribution is 0.462. The Kier molecular flexibility index (Phi) is 5.01. The summed E-state index contributed by atoms with van der Waals surface area (Å²) in [6, 6.07) is 5.43. The summed E-state index contributed by atoms with van der Waals surface area (Å²) in [5.41, 5.74) is 9.90. The SMILES string of the molecule is Cc1nsc2nc(C(N=[N+]=[N-])C(C)C)n(Cc3cccc(F)c3)c(=O)c12. The maximum absolute atomic E-state index is 13.6. The predicted octanol–water partition coefficient (Wildman–Crippen LogP) is 4.36. The van der Waals surface area contributed by atoms with E-state index >= 15 is 0 Å². The van der Waals surface area contributed by atoms with Crippen LogP contribution in [0.15, 0.2) is 34.2 Å². The van der Waals surface area contributed by atoms with Gasteiger partial charge in [0.25, 0.3) is 5.56 Å². The first-order valence-corrected chi connectivity index (χ1v) is 8.85. The molecule has 0 aliphatic carbocycles. The van der Waals surface area contributed by atoms with Crippen molar-refractivity contribution in [3.05, 3.63) is 68.0 Å². The topological polar surface area (TPSA) is 96.5 Å². The molecule has 1 aromatic carbocycles. The number of aryl methyl sites for hydroxylation is 1. The second-order valence-electron chi connectivity index (χ2n) is 6.33. The monoisotopic (exact) mass is 372 g/mol. The molecule has 134 valence electrons. The van der Waals surface area contributed by atoms with Crippen LogP contribution in [-0.2, 0) is 6.54 Å². The molecular formula is C17H17FN6OS. The fraction of sp³-hybridized carbons (Fsp3) is 0.353. The van der Waals surface area contributed by atoms with Gasteiger partial charge in [0.15, 0.2) is 4.83 Å². The van der Waals surface area contributed by atoms with E-state index in [1.165, 1.54) is 16.7 Å². The molecule has 2 aromatic heterocycles. The predicted molar refractivity (Wildman–Crippen MR) is 98.6 cm³/mol. The zero-order valence-electron chi connectivity index (χ0n) is 14.5. The highest BCUT2D eigenvalue weighted by molar-refractivity contribution is 7.12. The molecule has 0 aliphatic rings. The van der Waals surface area contributed by atoms with Crippen molar-refractivity contribution in [1.82, 2.24) is 13.9 Å². The molecule has 0 saturated carbocycles. The van der Waals surface area contributed by atoms with Gasteiger partial charge in [0.05, 0.1) is 23.7 Å². The minimum absolute atomic E-state index is 0.0666. The lowest BCUT2D eigenvalue weighted by Gasteiger charge is -2.20. The Bertz CT molecular complexity index is 1070. The highest BCUT2D eigenvalue weighted by Crippen LogP contribution is 2.27. The molecular weight excluding hydrogens is 355 g/mol. The van der Waals surface area contributed by atoms with Crippen LogP contribution in [0.1, 0.15) is 37.0 Å². The first-order valence-electron chi connectivity index (χ1n) is 8.07. The van der Waals surface area contributed by atoms with Crippen LogP contribution in [0.25, 0.3) is 20.7 Å². The number of azide groups is 1. The maximum atomic E-state index is 13.6. The van der Waals surface area contributed by atoms with E-state index in [2.05, 4.69) is 19.4 Å². The Morgan fingerprint density at radius 2 is 2.19 bits per heavy atom. The van der Waals surface area contributed by atoms with Crippen LogP contribution in [-0.4, -0.2) is 13.9 Å². The van der Waals surface area contributed by atoms with E-state index in [-0.39, 0.29) is 23.8 Å². The minimum Gasteiger partial charge on any atom is -0.291 e. The van der Waals surface area contributed by atoms with Gasteiger partial charge in [0.2, 0.25) is 0 Å². The van der Waals surface area contributed by atoms with Crippen molar-refractivity contribution in [2.75, 3.05) is 0 Å². The van der Waals surface area contributed by atoms with Crippen molar-refractivity contribution in [2.24, 2.45) is 11.0 Å². The van der Waals surface area contributed by atoms with Crippen LogP contribution < -0.4 is 5.56 Å². The summed E-state index contributed by atoms with van der Waals surface area (Å²) in [4.78, 5) is 21.1. The highest BCUT2D eigenvalue weighted by Gasteiger charge is 2.24. The fourth-order valence-electron chi connectivity index (χ4n) is 2.82. The van der Waals surface area contributed by atoms with E-state index in [1.807, 2.05) is 13.8 Å². The van der Waals surface area contributed by atoms with E-state index < -0.39 is 6.04 Å². The Morgan fingerprint density at radius 1 is 1.42 bits per heavy atom. The fourth-order valence-corrected chi connectivity index (χ4v) is 3.59. The molecule has 1 unspecified atom stereocenters. The molecule has 2 heterocycles. The molecule has 0 radical (unpaired) electrons. The van der Waals surface area contributed by atoms with Crippen molar-refractivity contribution in [2.45, 2.75) is 33.4 Å². The summed E-state index contributed by atoms with van der Waals surface area (Å²) < 4.78 is 19.2. The van der Waals surface area contributed by atoms with Crippen LogP contribution in [0.2, 0.25) is 0 Å². The van der Waals surface area contributed by atoms with E-state index in [0.717, 1.165) is 11.5 Å². The summed E-state index contributed by atoms with van der Waals surface area (Å²) >= 11 is 1.14. The van der Waals surface area contributed by atoms with Crippen molar-refractivity contribution >= 4 is 21.7 Å². The van der Waals surface area contributed by atoms with Gasteiger partial charge in [-0.05, 0) is 47.6 Å². The number of hydrogen-bond acceptors (Lipinski definition) is 5. The normalized spacial score (nSPS) is 12.3. The number of fused-ring (bicyclic) bond motifs is 1. The van der Waals surface area contributed by atoms with Gasteiger partial charge in [-0.25, -0.2) is 9.37 Å². The van der Waals surface area contributed by atoms with Crippen LogP contribution in [0.3, 0.4) is 0 Å². The van der Waals surface area contributed by atoms with Gasteiger partial charge in [-0.15, -0.1) is 0 Å². The van der Waals surface area contributed by atoms with E-state index in [4.69, 9.17) is 5.53 Å². The van der Waals surface area contributed by atoms with E-state index in [9.17, 15) is 9.18 Å². The lowest BCUT2D eigenvalue weighted by Crippen LogP contribution is -2.28. The Balaban J connectivity index is 2.27. The average Bonchev–Trinajstić information content (AvgIpc) is 2.96. The average molecular weight is 372 g/mol. The summed E-state index contributed by atoms with van der Waals surface area (Å²) in [7, 11) is 0. The highest BCUT2D eigenvalue weighted by atomic mass is 32.1. The molecule has 0 aliphatic heterocycles. The van der Waals surface area contributed by atoms with Gasteiger partial charge in [0, 0.05) is 4.91 Å². The van der Waals surface area contributed by atoms with E-state index in [0.29, 0.717) is 27.3 Å². The van der Waals surface area contributed by atoms with E-state index in [1.54, 1.807) is 19.1 Å². The summed E-state index contributed by atoms with van der Waals surface area (Å²) in [5.74, 6) is -0.0822. The number of rotatable bonds is 5. The zero-order valence-corrected chi connectivity index (χ0v) is 15.4. The van der Waals surface area contributed by atoms with Gasteiger partial charge < -0.3 is 0 Å². The smallest absolute Gasteiger partial charge is 0.264 e. The lowest BCUT2D eigenvalue weighted by atomic mass is 10.0. The number of halogens is 1. The third kappa shape index (κ3) is 3.31. The molecule has 0 N–H and O–H groups in total. The first kappa shape index (κ1) is 18.0. The Morgan fingerprint density at radius 3 is 2.85 bits per heavy atom. The van der Waals surface area contributed by atoms with Crippen LogP contribution in [0.4, 0.5) is 4.39 Å². The molecule has 0 saturated heterocycles. The van der Waals surface area contributed by atoms with Gasteiger partial charge in [-0.3, -0.25) is 9.36 Å². The van der Waals surface area contributed by atoms with Crippen molar-refractivity contribution in [3.63, 3.8) is 0 Å². The second-order valence-corrected chi connectivity index (χ2v) is 7.08. The van der Waals surface area contributed by atoms with Crippen LogP contribution >= 0.6 is 11.5 Å².